The number of piperazine rings is 1. The SMILES string of the molecule is Cc1cc2ncn(CC(O)CN3CCN(c4ccncc4Cl)CC3)c2cc1C. The van der Waals surface area contributed by atoms with Gasteiger partial charge >= 0.3 is 0 Å². The second-order valence-electron chi connectivity index (χ2n) is 7.59. The van der Waals surface area contributed by atoms with Crippen LogP contribution in [0.5, 0.6) is 0 Å². The number of aryl methyl sites for hydroxylation is 2. The molecule has 0 radical (unpaired) electrons. The molecule has 0 amide bonds. The first-order chi connectivity index (χ1) is 13.5. The number of hydrogen-bond donors (Lipinski definition) is 1. The maximum atomic E-state index is 10.7. The van der Waals surface area contributed by atoms with E-state index < -0.39 is 6.10 Å². The number of aromatic nitrogens is 3. The van der Waals surface area contributed by atoms with Crippen molar-refractivity contribution >= 4 is 28.3 Å². The monoisotopic (exact) mass is 399 g/mol. The van der Waals surface area contributed by atoms with Crippen LogP contribution in [0, 0.1) is 13.8 Å². The van der Waals surface area contributed by atoms with Gasteiger partial charge in [0.05, 0.1) is 40.7 Å². The van der Waals surface area contributed by atoms with E-state index in [2.05, 4.69) is 50.3 Å². The van der Waals surface area contributed by atoms with E-state index in [4.69, 9.17) is 11.6 Å². The fraction of sp³-hybridized carbons (Fsp3) is 0.429. The minimum Gasteiger partial charge on any atom is -0.390 e. The lowest BCUT2D eigenvalue weighted by atomic mass is 10.1. The zero-order valence-electron chi connectivity index (χ0n) is 16.3. The van der Waals surface area contributed by atoms with Gasteiger partial charge in [-0.2, -0.15) is 0 Å². The molecule has 1 fully saturated rings. The Bertz CT molecular complexity index is 965. The Morgan fingerprint density at radius 1 is 1.11 bits per heavy atom. The van der Waals surface area contributed by atoms with E-state index in [-0.39, 0.29) is 0 Å². The van der Waals surface area contributed by atoms with Gasteiger partial charge < -0.3 is 14.6 Å². The number of aliphatic hydroxyl groups excluding tert-OH is 1. The van der Waals surface area contributed by atoms with Gasteiger partial charge in [-0.15, -0.1) is 0 Å². The van der Waals surface area contributed by atoms with Gasteiger partial charge in [0.2, 0.25) is 0 Å². The summed E-state index contributed by atoms with van der Waals surface area (Å²) in [6, 6.07) is 6.22. The van der Waals surface area contributed by atoms with Crippen molar-refractivity contribution in [3.63, 3.8) is 0 Å². The van der Waals surface area contributed by atoms with Gasteiger partial charge in [0.15, 0.2) is 0 Å². The molecule has 0 aliphatic carbocycles. The van der Waals surface area contributed by atoms with Gasteiger partial charge in [-0.1, -0.05) is 11.6 Å². The van der Waals surface area contributed by atoms with Gasteiger partial charge in [-0.3, -0.25) is 9.88 Å². The smallest absolute Gasteiger partial charge is 0.0959 e. The summed E-state index contributed by atoms with van der Waals surface area (Å²) in [5.41, 5.74) is 5.59. The quantitative estimate of drug-likeness (QED) is 0.714. The average molecular weight is 400 g/mol. The Hall–Kier alpha value is -2.15. The Morgan fingerprint density at radius 3 is 2.61 bits per heavy atom. The maximum Gasteiger partial charge on any atom is 0.0959 e. The molecule has 28 heavy (non-hydrogen) atoms. The van der Waals surface area contributed by atoms with Crippen LogP contribution in [0.15, 0.2) is 36.9 Å². The third-order valence-electron chi connectivity index (χ3n) is 5.58. The predicted octanol–water partition coefficient (Wildman–Crippen LogP) is 2.88. The van der Waals surface area contributed by atoms with Crippen molar-refractivity contribution in [2.45, 2.75) is 26.5 Å². The fourth-order valence-electron chi connectivity index (χ4n) is 3.84. The highest BCUT2D eigenvalue weighted by Gasteiger charge is 2.21. The number of halogens is 1. The van der Waals surface area contributed by atoms with Gasteiger partial charge in [-0.05, 0) is 43.2 Å². The minimum absolute atomic E-state index is 0.435. The molecular weight excluding hydrogens is 374 g/mol. The zero-order valence-corrected chi connectivity index (χ0v) is 17.1. The standard InChI is InChI=1S/C21H26ClN5O/c1-15-9-19-21(10-16(15)2)27(14-24-19)13-17(28)12-25-5-7-26(8-6-25)20-3-4-23-11-18(20)22/h3-4,9-11,14,17,28H,5-8,12-13H2,1-2H3. The number of pyridine rings is 1. The number of imidazole rings is 1. The van der Waals surface area contributed by atoms with Crippen molar-refractivity contribution < 1.29 is 5.11 Å². The third-order valence-corrected chi connectivity index (χ3v) is 5.87. The van der Waals surface area contributed by atoms with Crippen molar-refractivity contribution in [1.29, 1.82) is 0 Å². The van der Waals surface area contributed by atoms with Crippen LogP contribution in [0.3, 0.4) is 0 Å². The molecule has 1 unspecified atom stereocenters. The molecule has 148 valence electrons. The first-order valence-electron chi connectivity index (χ1n) is 9.68. The van der Waals surface area contributed by atoms with Crippen molar-refractivity contribution in [2.75, 3.05) is 37.6 Å². The third kappa shape index (κ3) is 3.99. The second kappa shape index (κ2) is 8.07. The predicted molar refractivity (Wildman–Crippen MR) is 113 cm³/mol. The van der Waals surface area contributed by atoms with E-state index >= 15 is 0 Å². The largest absolute Gasteiger partial charge is 0.390 e. The molecule has 0 saturated carbocycles. The summed E-state index contributed by atoms with van der Waals surface area (Å²) in [5.74, 6) is 0. The highest BCUT2D eigenvalue weighted by atomic mass is 35.5. The minimum atomic E-state index is -0.435. The van der Waals surface area contributed by atoms with Gasteiger partial charge in [0.25, 0.3) is 0 Å². The van der Waals surface area contributed by atoms with Crippen LogP contribution in [0.4, 0.5) is 5.69 Å². The summed E-state index contributed by atoms with van der Waals surface area (Å²) in [4.78, 5) is 13.1. The molecule has 1 aliphatic heterocycles. The molecule has 4 rings (SSSR count). The Labute approximate surface area is 170 Å². The summed E-state index contributed by atoms with van der Waals surface area (Å²) >= 11 is 6.26. The van der Waals surface area contributed by atoms with Crippen molar-refractivity contribution in [3.05, 3.63) is 53.1 Å². The first kappa shape index (κ1) is 19.2. The highest BCUT2D eigenvalue weighted by molar-refractivity contribution is 6.33. The van der Waals surface area contributed by atoms with E-state index in [1.807, 2.05) is 12.4 Å². The molecular formula is C21H26ClN5O. The highest BCUT2D eigenvalue weighted by Crippen LogP contribution is 2.25. The summed E-state index contributed by atoms with van der Waals surface area (Å²) in [6.07, 6.45) is 4.85. The van der Waals surface area contributed by atoms with Gasteiger partial charge in [0.1, 0.15) is 0 Å². The molecule has 1 atom stereocenters. The molecule has 6 nitrogen and oxygen atoms in total. The van der Waals surface area contributed by atoms with Crippen LogP contribution < -0.4 is 4.90 Å². The van der Waals surface area contributed by atoms with E-state index in [1.54, 1.807) is 12.4 Å². The summed E-state index contributed by atoms with van der Waals surface area (Å²) in [6.45, 7) is 9.00. The Balaban J connectivity index is 1.35. The first-order valence-corrected chi connectivity index (χ1v) is 10.1. The van der Waals surface area contributed by atoms with Crippen LogP contribution in [-0.4, -0.2) is 63.4 Å². The van der Waals surface area contributed by atoms with Crippen LogP contribution in [0.2, 0.25) is 5.02 Å². The number of nitrogens with zero attached hydrogens (tertiary/aromatic N) is 5. The van der Waals surface area contributed by atoms with Crippen LogP contribution in [0.1, 0.15) is 11.1 Å². The summed E-state index contributed by atoms with van der Waals surface area (Å²) in [5, 5.41) is 11.3. The average Bonchev–Trinajstić information content (AvgIpc) is 3.05. The lowest BCUT2D eigenvalue weighted by Gasteiger charge is -2.37. The number of rotatable bonds is 5. The van der Waals surface area contributed by atoms with E-state index in [0.717, 1.165) is 42.9 Å². The molecule has 1 aliphatic rings. The molecule has 1 aromatic carbocycles. The lowest BCUT2D eigenvalue weighted by Crippen LogP contribution is -2.49. The number of fused-ring (bicyclic) bond motifs is 1. The molecule has 7 heteroatoms. The molecule has 3 aromatic rings. The van der Waals surface area contributed by atoms with E-state index in [1.165, 1.54) is 11.1 Å². The van der Waals surface area contributed by atoms with Crippen LogP contribution in [-0.2, 0) is 6.54 Å². The van der Waals surface area contributed by atoms with Crippen molar-refractivity contribution in [2.24, 2.45) is 0 Å². The molecule has 1 saturated heterocycles. The Morgan fingerprint density at radius 2 is 1.86 bits per heavy atom. The van der Waals surface area contributed by atoms with Crippen molar-refractivity contribution in [1.82, 2.24) is 19.4 Å². The van der Waals surface area contributed by atoms with Gasteiger partial charge in [0, 0.05) is 45.1 Å². The number of benzene rings is 1. The van der Waals surface area contributed by atoms with E-state index in [9.17, 15) is 5.11 Å². The topological polar surface area (TPSA) is 57.4 Å². The summed E-state index contributed by atoms with van der Waals surface area (Å²) in [7, 11) is 0. The van der Waals surface area contributed by atoms with Crippen LogP contribution in [0.25, 0.3) is 11.0 Å². The van der Waals surface area contributed by atoms with Crippen molar-refractivity contribution in [3.8, 4) is 0 Å². The fourth-order valence-corrected chi connectivity index (χ4v) is 4.08. The molecule has 3 heterocycles. The van der Waals surface area contributed by atoms with E-state index in [0.29, 0.717) is 18.1 Å². The summed E-state index contributed by atoms with van der Waals surface area (Å²) < 4.78 is 2.05. The van der Waals surface area contributed by atoms with Gasteiger partial charge in [-0.25, -0.2) is 4.98 Å². The normalized spacial score (nSPS) is 16.6. The molecule has 1 N–H and O–H groups in total. The number of anilines is 1. The number of aliphatic hydroxyl groups is 1. The second-order valence-corrected chi connectivity index (χ2v) is 8.00. The lowest BCUT2D eigenvalue weighted by molar-refractivity contribution is 0.0959. The maximum absolute atomic E-state index is 10.7. The van der Waals surface area contributed by atoms with Crippen LogP contribution >= 0.6 is 11.6 Å². The Kier molecular flexibility index (Phi) is 5.53. The zero-order chi connectivity index (χ0) is 19.7. The molecule has 0 bridgehead atoms. The molecule has 2 aromatic heterocycles. The number of β-amino-alcohol motifs (C(OH)–C–C–N with tert-alkyl or cyclic N) is 1. The number of hydrogen-bond acceptors (Lipinski definition) is 5. The molecule has 0 spiro atoms.